The second kappa shape index (κ2) is 5.68. The summed E-state index contributed by atoms with van der Waals surface area (Å²) in [4.78, 5) is 9.21. The van der Waals surface area contributed by atoms with Crippen LogP contribution in [0.4, 0.5) is 5.82 Å². The second-order valence-corrected chi connectivity index (χ2v) is 6.62. The van der Waals surface area contributed by atoms with Crippen molar-refractivity contribution in [3.8, 4) is 11.4 Å². The molecule has 3 nitrogen and oxygen atoms in total. The Kier molecular flexibility index (Phi) is 4.32. The molecule has 1 heterocycles. The molecule has 0 aliphatic rings. The number of hydrogen-bond donors (Lipinski definition) is 1. The summed E-state index contributed by atoms with van der Waals surface area (Å²) in [5, 5.41) is 0. The lowest BCUT2D eigenvalue weighted by atomic mass is 10.00. The highest BCUT2D eigenvalue weighted by atomic mass is 127. The van der Waals surface area contributed by atoms with E-state index in [1.165, 1.54) is 16.7 Å². The van der Waals surface area contributed by atoms with E-state index in [9.17, 15) is 0 Å². The van der Waals surface area contributed by atoms with Crippen molar-refractivity contribution in [2.75, 3.05) is 5.73 Å². The van der Waals surface area contributed by atoms with Crippen LogP contribution in [0, 0.1) is 24.3 Å². The molecule has 0 radical (unpaired) electrons. The van der Waals surface area contributed by atoms with Gasteiger partial charge in [0.15, 0.2) is 5.82 Å². The van der Waals surface area contributed by atoms with Gasteiger partial charge in [-0.25, -0.2) is 9.97 Å². The smallest absolute Gasteiger partial charge is 0.162 e. The molecule has 0 amide bonds. The zero-order valence-electron chi connectivity index (χ0n) is 12.6. The highest BCUT2D eigenvalue weighted by Gasteiger charge is 2.15. The van der Waals surface area contributed by atoms with Gasteiger partial charge in [-0.2, -0.15) is 0 Å². The zero-order valence-corrected chi connectivity index (χ0v) is 14.7. The number of benzene rings is 1. The summed E-state index contributed by atoms with van der Waals surface area (Å²) in [6.07, 6.45) is 0. The maximum Gasteiger partial charge on any atom is 0.162 e. The molecule has 1 aromatic heterocycles. The molecule has 0 unspecified atom stereocenters. The van der Waals surface area contributed by atoms with Gasteiger partial charge in [-0.3, -0.25) is 0 Å². The Hall–Kier alpha value is -1.17. The van der Waals surface area contributed by atoms with E-state index in [1.54, 1.807) is 0 Å². The van der Waals surface area contributed by atoms with Crippen LogP contribution in [0.2, 0.25) is 0 Å². The summed E-state index contributed by atoms with van der Waals surface area (Å²) < 4.78 is 0.961. The highest BCUT2D eigenvalue weighted by Crippen LogP contribution is 2.29. The molecule has 20 heavy (non-hydrogen) atoms. The molecule has 0 saturated heterocycles. The summed E-state index contributed by atoms with van der Waals surface area (Å²) in [6, 6.07) is 4.33. The topological polar surface area (TPSA) is 51.8 Å². The Morgan fingerprint density at radius 3 is 2.20 bits per heavy atom. The van der Waals surface area contributed by atoms with Crippen LogP contribution in [0.15, 0.2) is 12.1 Å². The fourth-order valence-corrected chi connectivity index (χ4v) is 3.05. The average molecular weight is 381 g/mol. The number of rotatable bonds is 2. The molecule has 0 spiro atoms. The van der Waals surface area contributed by atoms with E-state index < -0.39 is 0 Å². The number of anilines is 1. The maximum absolute atomic E-state index is 6.06. The monoisotopic (exact) mass is 381 g/mol. The van der Waals surface area contributed by atoms with Crippen molar-refractivity contribution in [1.82, 2.24) is 9.97 Å². The van der Waals surface area contributed by atoms with Crippen LogP contribution in [-0.4, -0.2) is 9.97 Å². The Bertz CT molecular complexity index is 663. The summed E-state index contributed by atoms with van der Waals surface area (Å²) in [7, 11) is 0. The van der Waals surface area contributed by atoms with Gasteiger partial charge in [0.2, 0.25) is 0 Å². The van der Waals surface area contributed by atoms with E-state index in [0.29, 0.717) is 11.7 Å². The van der Waals surface area contributed by atoms with Crippen molar-refractivity contribution >= 4 is 28.4 Å². The van der Waals surface area contributed by atoms with Crippen LogP contribution in [0.3, 0.4) is 0 Å². The first-order valence-corrected chi connectivity index (χ1v) is 7.80. The lowest BCUT2D eigenvalue weighted by Gasteiger charge is -2.14. The number of nitrogens with zero attached hydrogens (tertiary/aromatic N) is 2. The van der Waals surface area contributed by atoms with Gasteiger partial charge < -0.3 is 5.73 Å². The van der Waals surface area contributed by atoms with Crippen molar-refractivity contribution in [3.05, 3.63) is 38.1 Å². The molecule has 4 heteroatoms. The van der Waals surface area contributed by atoms with Crippen molar-refractivity contribution in [2.45, 2.75) is 40.5 Å². The molecule has 2 N–H and O–H groups in total. The predicted octanol–water partition coefficient (Wildman–Crippen LogP) is 4.38. The minimum atomic E-state index is 0.331. The van der Waals surface area contributed by atoms with Gasteiger partial charge in [-0.05, 0) is 72.0 Å². The van der Waals surface area contributed by atoms with Crippen LogP contribution in [-0.2, 0) is 0 Å². The average Bonchev–Trinajstić information content (AvgIpc) is 2.36. The zero-order chi connectivity index (χ0) is 15.0. The second-order valence-electron chi connectivity index (χ2n) is 5.54. The van der Waals surface area contributed by atoms with Crippen LogP contribution in [0.25, 0.3) is 11.4 Å². The van der Waals surface area contributed by atoms with Crippen LogP contribution in [0.1, 0.15) is 42.1 Å². The molecular formula is C16H20IN3. The Morgan fingerprint density at radius 1 is 1.00 bits per heavy atom. The van der Waals surface area contributed by atoms with Gasteiger partial charge in [0.25, 0.3) is 0 Å². The van der Waals surface area contributed by atoms with E-state index in [-0.39, 0.29) is 0 Å². The maximum atomic E-state index is 6.06. The Balaban J connectivity index is 2.67. The van der Waals surface area contributed by atoms with Gasteiger partial charge >= 0.3 is 0 Å². The summed E-state index contributed by atoms with van der Waals surface area (Å²) in [5.74, 6) is 1.63. The fraction of sp³-hybridized carbons (Fsp3) is 0.375. The molecule has 2 aromatic rings. The number of nitrogen functional groups attached to an aromatic ring is 1. The van der Waals surface area contributed by atoms with E-state index in [2.05, 4.69) is 74.3 Å². The van der Waals surface area contributed by atoms with Gasteiger partial charge in [0.05, 0.1) is 9.26 Å². The van der Waals surface area contributed by atoms with Gasteiger partial charge in [-0.15, -0.1) is 0 Å². The van der Waals surface area contributed by atoms with Gasteiger partial charge in [-0.1, -0.05) is 19.9 Å². The minimum absolute atomic E-state index is 0.331. The van der Waals surface area contributed by atoms with E-state index in [1.807, 2.05) is 0 Å². The quantitative estimate of drug-likeness (QED) is 0.786. The first kappa shape index (κ1) is 15.2. The Labute approximate surface area is 134 Å². The molecule has 0 fully saturated rings. The summed E-state index contributed by atoms with van der Waals surface area (Å²) >= 11 is 2.23. The van der Waals surface area contributed by atoms with Crippen molar-refractivity contribution in [3.63, 3.8) is 0 Å². The summed E-state index contributed by atoms with van der Waals surface area (Å²) in [6.45, 7) is 10.6. The SMILES string of the molecule is Cc1cc(C)c(-c2nc(N)c(I)c(C(C)C)n2)cc1C. The van der Waals surface area contributed by atoms with Gasteiger partial charge in [0, 0.05) is 5.56 Å². The van der Waals surface area contributed by atoms with Crippen LogP contribution < -0.4 is 5.73 Å². The number of hydrogen-bond acceptors (Lipinski definition) is 3. The minimum Gasteiger partial charge on any atom is -0.383 e. The largest absolute Gasteiger partial charge is 0.383 e. The van der Waals surface area contributed by atoms with E-state index in [4.69, 9.17) is 10.7 Å². The third-order valence-electron chi connectivity index (χ3n) is 3.53. The number of halogens is 1. The molecule has 0 bridgehead atoms. The number of aryl methyl sites for hydroxylation is 3. The first-order chi connectivity index (χ1) is 9.31. The lowest BCUT2D eigenvalue weighted by molar-refractivity contribution is 0.810. The molecule has 1 aromatic carbocycles. The number of nitrogens with two attached hydrogens (primary N) is 1. The Morgan fingerprint density at radius 2 is 1.60 bits per heavy atom. The van der Waals surface area contributed by atoms with Crippen molar-refractivity contribution < 1.29 is 0 Å². The third kappa shape index (κ3) is 2.80. The number of aromatic nitrogens is 2. The predicted molar refractivity (Wildman–Crippen MR) is 92.9 cm³/mol. The molecule has 0 saturated carbocycles. The third-order valence-corrected chi connectivity index (χ3v) is 4.64. The molecule has 2 rings (SSSR count). The fourth-order valence-electron chi connectivity index (χ4n) is 2.19. The molecule has 0 aliphatic heterocycles. The molecular weight excluding hydrogens is 361 g/mol. The molecule has 106 valence electrons. The van der Waals surface area contributed by atoms with E-state index >= 15 is 0 Å². The lowest BCUT2D eigenvalue weighted by Crippen LogP contribution is -2.07. The van der Waals surface area contributed by atoms with Crippen LogP contribution in [0.5, 0.6) is 0 Å². The molecule has 0 atom stereocenters. The van der Waals surface area contributed by atoms with Crippen LogP contribution >= 0.6 is 22.6 Å². The highest BCUT2D eigenvalue weighted by molar-refractivity contribution is 14.1. The van der Waals surface area contributed by atoms with Crippen molar-refractivity contribution in [1.29, 1.82) is 0 Å². The first-order valence-electron chi connectivity index (χ1n) is 6.72. The standard InChI is InChI=1S/C16H20IN3/c1-8(2)14-13(17)15(18)20-16(19-14)12-7-10(4)9(3)6-11(12)5/h6-8H,1-5H3,(H2,18,19,20). The normalized spacial score (nSPS) is 11.2. The van der Waals surface area contributed by atoms with Gasteiger partial charge in [0.1, 0.15) is 5.82 Å². The van der Waals surface area contributed by atoms with E-state index in [0.717, 1.165) is 20.7 Å². The summed E-state index contributed by atoms with van der Waals surface area (Å²) in [5.41, 5.74) is 11.9. The van der Waals surface area contributed by atoms with Crippen molar-refractivity contribution in [2.24, 2.45) is 0 Å². The molecule has 0 aliphatic carbocycles.